The van der Waals surface area contributed by atoms with Gasteiger partial charge in [-0.25, -0.2) is 5.43 Å². The van der Waals surface area contributed by atoms with Crippen LogP contribution in [0, 0.1) is 0 Å². The van der Waals surface area contributed by atoms with Crippen LogP contribution in [0.3, 0.4) is 0 Å². The Kier molecular flexibility index (Phi) is 3.74. The van der Waals surface area contributed by atoms with E-state index in [0.29, 0.717) is 0 Å². The number of amides is 1. The molecule has 0 atom stereocenters. The van der Waals surface area contributed by atoms with Crippen molar-refractivity contribution in [2.24, 2.45) is 5.10 Å². The molecule has 0 saturated heterocycles. The van der Waals surface area contributed by atoms with Crippen LogP contribution in [0.2, 0.25) is 0 Å². The van der Waals surface area contributed by atoms with Crippen molar-refractivity contribution in [3.05, 3.63) is 52.2 Å². The second-order valence-electron chi connectivity index (χ2n) is 3.63. The van der Waals surface area contributed by atoms with Crippen molar-refractivity contribution in [3.8, 4) is 5.75 Å². The maximum absolute atomic E-state index is 11.8. The quantitative estimate of drug-likeness (QED) is 0.658. The van der Waals surface area contributed by atoms with E-state index >= 15 is 0 Å². The minimum Gasteiger partial charge on any atom is -0.507 e. The van der Waals surface area contributed by atoms with Gasteiger partial charge in [0, 0.05) is 4.88 Å². The van der Waals surface area contributed by atoms with E-state index in [2.05, 4.69) is 10.5 Å². The maximum atomic E-state index is 11.8. The lowest BCUT2D eigenvalue weighted by Gasteiger charge is -2.03. The molecule has 0 saturated carbocycles. The molecule has 0 fully saturated rings. The number of hydrogen-bond donors (Lipinski definition) is 2. The number of benzene rings is 1. The molecule has 1 aromatic carbocycles. The summed E-state index contributed by atoms with van der Waals surface area (Å²) in [6.07, 6.45) is 0. The van der Waals surface area contributed by atoms with Gasteiger partial charge in [0.05, 0.1) is 11.3 Å². The van der Waals surface area contributed by atoms with Crippen LogP contribution in [0.5, 0.6) is 5.75 Å². The number of aromatic hydroxyl groups is 1. The second-order valence-corrected chi connectivity index (χ2v) is 4.58. The van der Waals surface area contributed by atoms with Gasteiger partial charge < -0.3 is 5.11 Å². The number of thiophene rings is 1. The lowest BCUT2D eigenvalue weighted by Crippen LogP contribution is -2.19. The predicted octanol–water partition coefficient (Wildman–Crippen LogP) is 2.61. The number of phenolic OH excluding ortho intramolecular Hbond substituents is 1. The van der Waals surface area contributed by atoms with Crippen LogP contribution in [0.25, 0.3) is 0 Å². The number of nitrogens with one attached hydrogen (secondary N) is 1. The number of rotatable bonds is 3. The Morgan fingerprint density at radius 2 is 2.06 bits per heavy atom. The largest absolute Gasteiger partial charge is 0.507 e. The van der Waals surface area contributed by atoms with Gasteiger partial charge >= 0.3 is 0 Å². The highest BCUT2D eigenvalue weighted by Gasteiger charge is 2.09. The highest BCUT2D eigenvalue weighted by atomic mass is 32.1. The van der Waals surface area contributed by atoms with Gasteiger partial charge in [-0.1, -0.05) is 18.2 Å². The highest BCUT2D eigenvalue weighted by molar-refractivity contribution is 7.12. The predicted molar refractivity (Wildman–Crippen MR) is 72.1 cm³/mol. The zero-order valence-electron chi connectivity index (χ0n) is 9.75. The Labute approximate surface area is 109 Å². The summed E-state index contributed by atoms with van der Waals surface area (Å²) in [5, 5.41) is 15.5. The zero-order chi connectivity index (χ0) is 13.0. The summed E-state index contributed by atoms with van der Waals surface area (Å²) >= 11 is 1.55. The molecule has 2 rings (SSSR count). The third kappa shape index (κ3) is 2.75. The van der Waals surface area contributed by atoms with Gasteiger partial charge in [-0.3, -0.25) is 4.79 Å². The van der Waals surface area contributed by atoms with Crippen LogP contribution < -0.4 is 5.43 Å². The fraction of sp³-hybridized carbons (Fsp3) is 0.0769. The lowest BCUT2D eigenvalue weighted by atomic mass is 10.2. The average molecular weight is 260 g/mol. The zero-order valence-corrected chi connectivity index (χ0v) is 10.6. The average Bonchev–Trinajstić information content (AvgIpc) is 2.90. The van der Waals surface area contributed by atoms with Crippen molar-refractivity contribution in [1.82, 2.24) is 5.43 Å². The van der Waals surface area contributed by atoms with Crippen LogP contribution in [-0.2, 0) is 0 Å². The van der Waals surface area contributed by atoms with Crippen LogP contribution in [0.4, 0.5) is 0 Å². The summed E-state index contributed by atoms with van der Waals surface area (Å²) in [6, 6.07) is 10.2. The Morgan fingerprint density at radius 3 is 2.72 bits per heavy atom. The van der Waals surface area contributed by atoms with Crippen LogP contribution >= 0.6 is 11.3 Å². The second kappa shape index (κ2) is 5.46. The smallest absolute Gasteiger partial charge is 0.275 e. The number of phenols is 1. The van der Waals surface area contributed by atoms with Gasteiger partial charge in [-0.15, -0.1) is 11.3 Å². The molecule has 0 aliphatic rings. The fourth-order valence-electron chi connectivity index (χ4n) is 1.40. The van der Waals surface area contributed by atoms with E-state index in [0.717, 1.165) is 10.6 Å². The van der Waals surface area contributed by atoms with Gasteiger partial charge in [0.15, 0.2) is 0 Å². The topological polar surface area (TPSA) is 61.7 Å². The molecular formula is C13H12N2O2S. The molecule has 0 aliphatic heterocycles. The van der Waals surface area contributed by atoms with Gasteiger partial charge in [-0.05, 0) is 30.5 Å². The van der Waals surface area contributed by atoms with Gasteiger partial charge in [0.2, 0.25) is 0 Å². The van der Waals surface area contributed by atoms with Crippen LogP contribution in [0.15, 0.2) is 46.9 Å². The molecule has 4 nitrogen and oxygen atoms in total. The molecule has 0 unspecified atom stereocenters. The van der Waals surface area contributed by atoms with Crippen molar-refractivity contribution in [1.29, 1.82) is 0 Å². The molecule has 92 valence electrons. The van der Waals surface area contributed by atoms with Crippen molar-refractivity contribution in [2.75, 3.05) is 0 Å². The molecule has 1 heterocycles. The summed E-state index contributed by atoms with van der Waals surface area (Å²) in [5.74, 6) is -0.483. The minimum absolute atomic E-state index is 0.0565. The van der Waals surface area contributed by atoms with E-state index in [4.69, 9.17) is 0 Å². The van der Waals surface area contributed by atoms with Crippen LogP contribution in [0.1, 0.15) is 22.2 Å². The van der Waals surface area contributed by atoms with E-state index in [1.807, 2.05) is 24.4 Å². The van der Waals surface area contributed by atoms with Gasteiger partial charge in [0.25, 0.3) is 5.91 Å². The minimum atomic E-state index is -0.427. The van der Waals surface area contributed by atoms with Crippen molar-refractivity contribution in [2.45, 2.75) is 6.92 Å². The standard InChI is InChI=1S/C13H12N2O2S/c1-9(12-7-4-8-18-12)14-15-13(17)10-5-2-3-6-11(10)16/h2-8,16H,1H3,(H,15,17)/b14-9+. The van der Waals surface area contributed by atoms with E-state index < -0.39 is 5.91 Å². The summed E-state index contributed by atoms with van der Waals surface area (Å²) in [7, 11) is 0. The van der Waals surface area contributed by atoms with Gasteiger partial charge in [-0.2, -0.15) is 5.10 Å². The Bertz CT molecular complexity index is 576. The SMILES string of the molecule is C/C(=N\NC(=O)c1ccccc1O)c1cccs1. The Balaban J connectivity index is 2.09. The summed E-state index contributed by atoms with van der Waals surface area (Å²) in [5.41, 5.74) is 3.36. The maximum Gasteiger partial charge on any atom is 0.275 e. The number of para-hydroxylation sites is 1. The number of carbonyl (C=O) groups excluding carboxylic acids is 1. The summed E-state index contributed by atoms with van der Waals surface area (Å²) in [6.45, 7) is 1.82. The summed E-state index contributed by atoms with van der Waals surface area (Å²) in [4.78, 5) is 12.8. The lowest BCUT2D eigenvalue weighted by molar-refractivity contribution is 0.0952. The molecule has 5 heteroatoms. The van der Waals surface area contributed by atoms with Crippen molar-refractivity contribution < 1.29 is 9.90 Å². The van der Waals surface area contributed by atoms with Crippen LogP contribution in [-0.4, -0.2) is 16.7 Å². The number of carbonyl (C=O) groups is 1. The molecule has 2 N–H and O–H groups in total. The number of nitrogens with zero attached hydrogens (tertiary/aromatic N) is 1. The molecule has 1 amide bonds. The summed E-state index contributed by atoms with van der Waals surface area (Å²) < 4.78 is 0. The Hall–Kier alpha value is -2.14. The fourth-order valence-corrected chi connectivity index (χ4v) is 2.08. The first-order valence-corrected chi connectivity index (χ1v) is 6.23. The normalized spacial score (nSPS) is 11.3. The van der Waals surface area contributed by atoms with E-state index in [-0.39, 0.29) is 11.3 Å². The Morgan fingerprint density at radius 1 is 1.28 bits per heavy atom. The van der Waals surface area contributed by atoms with E-state index in [1.165, 1.54) is 6.07 Å². The highest BCUT2D eigenvalue weighted by Crippen LogP contribution is 2.15. The molecule has 0 spiro atoms. The van der Waals surface area contributed by atoms with E-state index in [9.17, 15) is 9.90 Å². The molecule has 0 aliphatic carbocycles. The van der Waals surface area contributed by atoms with Crippen molar-refractivity contribution in [3.63, 3.8) is 0 Å². The molecular weight excluding hydrogens is 248 g/mol. The van der Waals surface area contributed by atoms with Gasteiger partial charge in [0.1, 0.15) is 5.75 Å². The third-order valence-corrected chi connectivity index (χ3v) is 3.33. The number of hydrazone groups is 1. The molecule has 0 radical (unpaired) electrons. The third-order valence-electron chi connectivity index (χ3n) is 2.35. The first-order valence-electron chi connectivity index (χ1n) is 5.35. The molecule has 1 aromatic heterocycles. The van der Waals surface area contributed by atoms with Crippen molar-refractivity contribution >= 4 is 23.0 Å². The molecule has 18 heavy (non-hydrogen) atoms. The first-order chi connectivity index (χ1) is 8.68. The molecule has 0 bridgehead atoms. The first kappa shape index (κ1) is 12.3. The monoisotopic (exact) mass is 260 g/mol. The molecule has 2 aromatic rings. The number of hydrogen-bond acceptors (Lipinski definition) is 4. The van der Waals surface area contributed by atoms with E-state index in [1.54, 1.807) is 29.5 Å².